The molecule has 1 aromatic rings. The Morgan fingerprint density at radius 1 is 1.28 bits per heavy atom. The summed E-state index contributed by atoms with van der Waals surface area (Å²) < 4.78 is 0.388. The lowest BCUT2D eigenvalue weighted by atomic mass is 10.0. The van der Waals surface area contributed by atoms with Crippen LogP contribution in [0.5, 0.6) is 0 Å². The second-order valence-corrected chi connectivity index (χ2v) is 8.64. The molecular formula is C21H24N2O4S2. The quantitative estimate of drug-likeness (QED) is 0.459. The Morgan fingerprint density at radius 3 is 2.59 bits per heavy atom. The van der Waals surface area contributed by atoms with Crippen molar-refractivity contribution in [2.45, 2.75) is 32.7 Å². The minimum absolute atomic E-state index is 0.0125. The zero-order valence-electron chi connectivity index (χ0n) is 16.3. The van der Waals surface area contributed by atoms with Crippen LogP contribution in [0.25, 0.3) is 6.08 Å². The predicted molar refractivity (Wildman–Crippen MR) is 119 cm³/mol. The Morgan fingerprint density at radius 2 is 1.97 bits per heavy atom. The molecule has 1 aliphatic heterocycles. The highest BCUT2D eigenvalue weighted by molar-refractivity contribution is 8.26. The van der Waals surface area contributed by atoms with Crippen LogP contribution in [-0.2, 0) is 14.4 Å². The summed E-state index contributed by atoms with van der Waals surface area (Å²) in [5.74, 6) is -1.59. The van der Waals surface area contributed by atoms with Crippen LogP contribution in [0.15, 0.2) is 47.4 Å². The average Bonchev–Trinajstić information content (AvgIpc) is 2.93. The minimum atomic E-state index is -1.06. The summed E-state index contributed by atoms with van der Waals surface area (Å²) in [4.78, 5) is 37.8. The number of aliphatic carboxylic acids is 1. The van der Waals surface area contributed by atoms with Crippen LogP contribution in [-0.4, -0.2) is 44.7 Å². The second-order valence-electron chi connectivity index (χ2n) is 6.96. The van der Waals surface area contributed by atoms with Crippen LogP contribution in [0, 0.1) is 5.92 Å². The Balaban J connectivity index is 1.91. The summed E-state index contributed by atoms with van der Waals surface area (Å²) in [6.45, 7) is 3.89. The van der Waals surface area contributed by atoms with Gasteiger partial charge in [-0.3, -0.25) is 14.5 Å². The number of allylic oxidation sites excluding steroid dienone is 2. The fourth-order valence-corrected chi connectivity index (χ4v) is 3.95. The van der Waals surface area contributed by atoms with E-state index < -0.39 is 17.9 Å². The summed E-state index contributed by atoms with van der Waals surface area (Å²) >= 11 is 6.44. The number of rotatable bonds is 9. The van der Waals surface area contributed by atoms with E-state index in [9.17, 15) is 19.5 Å². The zero-order valence-corrected chi connectivity index (χ0v) is 18.0. The Bertz CT molecular complexity index is 834. The SMILES string of the molecule is CC(C)CC(NC(=O)CCN1C(=O)C(=CC=Cc2ccccc2)SC1=S)C(=O)O. The lowest BCUT2D eigenvalue weighted by Crippen LogP contribution is -2.43. The molecule has 1 unspecified atom stereocenters. The highest BCUT2D eigenvalue weighted by Gasteiger charge is 2.32. The topological polar surface area (TPSA) is 86.7 Å². The maximum atomic E-state index is 12.5. The van der Waals surface area contributed by atoms with Gasteiger partial charge >= 0.3 is 5.97 Å². The van der Waals surface area contributed by atoms with E-state index in [0.29, 0.717) is 15.6 Å². The zero-order chi connectivity index (χ0) is 21.4. The molecule has 0 spiro atoms. The number of carbonyl (C=O) groups excluding carboxylic acids is 2. The van der Waals surface area contributed by atoms with Crippen LogP contribution in [0.2, 0.25) is 0 Å². The predicted octanol–water partition coefficient (Wildman–Crippen LogP) is 3.45. The molecule has 2 N–H and O–H groups in total. The molecule has 8 heteroatoms. The Labute approximate surface area is 180 Å². The van der Waals surface area contributed by atoms with E-state index in [1.54, 1.807) is 12.2 Å². The van der Waals surface area contributed by atoms with Crippen molar-refractivity contribution in [1.82, 2.24) is 10.2 Å². The molecule has 0 aromatic heterocycles. The van der Waals surface area contributed by atoms with Crippen molar-refractivity contribution in [3.05, 3.63) is 53.0 Å². The van der Waals surface area contributed by atoms with E-state index in [4.69, 9.17) is 12.2 Å². The van der Waals surface area contributed by atoms with Crippen molar-refractivity contribution in [2.75, 3.05) is 6.54 Å². The number of nitrogens with one attached hydrogen (secondary N) is 1. The van der Waals surface area contributed by atoms with Gasteiger partial charge in [0.15, 0.2) is 0 Å². The third-order valence-corrected chi connectivity index (χ3v) is 5.51. The van der Waals surface area contributed by atoms with E-state index in [-0.39, 0.29) is 24.8 Å². The van der Waals surface area contributed by atoms with E-state index in [0.717, 1.165) is 5.56 Å². The summed E-state index contributed by atoms with van der Waals surface area (Å²) in [5.41, 5.74) is 1.02. The molecule has 1 saturated heterocycles. The molecule has 1 heterocycles. The van der Waals surface area contributed by atoms with Gasteiger partial charge in [0.1, 0.15) is 10.4 Å². The van der Waals surface area contributed by atoms with Crippen molar-refractivity contribution < 1.29 is 19.5 Å². The molecule has 154 valence electrons. The average molecular weight is 433 g/mol. The molecule has 1 aromatic carbocycles. The number of benzene rings is 1. The van der Waals surface area contributed by atoms with Crippen LogP contribution in [0.3, 0.4) is 0 Å². The lowest BCUT2D eigenvalue weighted by Gasteiger charge is -2.18. The molecule has 6 nitrogen and oxygen atoms in total. The van der Waals surface area contributed by atoms with Crippen molar-refractivity contribution in [3.8, 4) is 0 Å². The fourth-order valence-electron chi connectivity index (χ4n) is 2.69. The second kappa shape index (κ2) is 10.9. The third-order valence-electron chi connectivity index (χ3n) is 4.11. The molecule has 1 fully saturated rings. The molecule has 2 rings (SSSR count). The number of nitrogens with zero attached hydrogens (tertiary/aromatic N) is 1. The van der Waals surface area contributed by atoms with Crippen LogP contribution >= 0.6 is 24.0 Å². The van der Waals surface area contributed by atoms with Gasteiger partial charge in [0.05, 0.1) is 4.91 Å². The van der Waals surface area contributed by atoms with Gasteiger partial charge in [0.25, 0.3) is 5.91 Å². The van der Waals surface area contributed by atoms with Gasteiger partial charge < -0.3 is 10.4 Å². The molecule has 1 atom stereocenters. The van der Waals surface area contributed by atoms with Crippen LogP contribution in [0.1, 0.15) is 32.3 Å². The molecule has 1 aliphatic rings. The molecule has 0 radical (unpaired) electrons. The number of hydrogen-bond donors (Lipinski definition) is 2. The Kier molecular flexibility index (Phi) is 8.60. The van der Waals surface area contributed by atoms with Gasteiger partial charge in [-0.15, -0.1) is 0 Å². The van der Waals surface area contributed by atoms with Gasteiger partial charge in [-0.05, 0) is 24.0 Å². The number of thioether (sulfide) groups is 1. The van der Waals surface area contributed by atoms with E-state index >= 15 is 0 Å². The van der Waals surface area contributed by atoms with E-state index in [2.05, 4.69) is 5.32 Å². The third kappa shape index (κ3) is 7.14. The molecule has 0 bridgehead atoms. The first-order valence-corrected chi connectivity index (χ1v) is 10.5. The molecule has 0 aliphatic carbocycles. The molecule has 0 saturated carbocycles. The minimum Gasteiger partial charge on any atom is -0.480 e. The first-order valence-electron chi connectivity index (χ1n) is 9.27. The van der Waals surface area contributed by atoms with Crippen molar-refractivity contribution in [3.63, 3.8) is 0 Å². The molecular weight excluding hydrogens is 408 g/mol. The first-order chi connectivity index (χ1) is 13.8. The van der Waals surface area contributed by atoms with E-state index in [1.165, 1.54) is 16.7 Å². The summed E-state index contributed by atoms with van der Waals surface area (Å²) in [6.07, 6.45) is 5.72. The highest BCUT2D eigenvalue weighted by atomic mass is 32.2. The molecule has 29 heavy (non-hydrogen) atoms. The lowest BCUT2D eigenvalue weighted by molar-refractivity contribution is -0.142. The molecule has 2 amide bonds. The summed E-state index contributed by atoms with van der Waals surface area (Å²) in [7, 11) is 0. The Hall–Kier alpha value is -2.45. The number of thiocarbonyl (C=S) groups is 1. The maximum absolute atomic E-state index is 12.5. The van der Waals surface area contributed by atoms with Crippen molar-refractivity contribution in [2.24, 2.45) is 5.92 Å². The van der Waals surface area contributed by atoms with Gasteiger partial charge in [0, 0.05) is 13.0 Å². The first kappa shape index (κ1) is 22.8. The van der Waals surface area contributed by atoms with E-state index in [1.807, 2.05) is 50.3 Å². The summed E-state index contributed by atoms with van der Waals surface area (Å²) in [6, 6.07) is 8.77. The van der Waals surface area contributed by atoms with Gasteiger partial charge in [-0.2, -0.15) is 0 Å². The van der Waals surface area contributed by atoms with Gasteiger partial charge in [0.2, 0.25) is 5.91 Å². The largest absolute Gasteiger partial charge is 0.480 e. The summed E-state index contributed by atoms with van der Waals surface area (Å²) in [5, 5.41) is 11.7. The highest BCUT2D eigenvalue weighted by Crippen LogP contribution is 2.31. The van der Waals surface area contributed by atoms with Gasteiger partial charge in [-0.25, -0.2) is 4.79 Å². The number of carbonyl (C=O) groups is 3. The standard InChI is InChI=1S/C21H24N2O4S2/c1-14(2)13-16(20(26)27)22-18(24)11-12-23-19(25)17(29-21(23)28)10-6-9-15-7-4-3-5-8-15/h3-10,14,16H,11-13H2,1-2H3,(H,22,24)(H,26,27). The number of carboxylic acid groups (broad SMARTS) is 1. The normalized spacial score (nSPS) is 16.8. The smallest absolute Gasteiger partial charge is 0.326 e. The van der Waals surface area contributed by atoms with Crippen LogP contribution < -0.4 is 5.32 Å². The number of amides is 2. The fraction of sp³-hybridized carbons (Fsp3) is 0.333. The van der Waals surface area contributed by atoms with Crippen LogP contribution in [0.4, 0.5) is 0 Å². The van der Waals surface area contributed by atoms with Crippen molar-refractivity contribution >= 4 is 52.2 Å². The monoisotopic (exact) mass is 432 g/mol. The van der Waals surface area contributed by atoms with Gasteiger partial charge in [-0.1, -0.05) is 80.3 Å². The number of carboxylic acids is 1. The maximum Gasteiger partial charge on any atom is 0.326 e. The van der Waals surface area contributed by atoms with Crippen molar-refractivity contribution in [1.29, 1.82) is 0 Å². The number of hydrogen-bond acceptors (Lipinski definition) is 5.